The lowest BCUT2D eigenvalue weighted by atomic mass is 10.3. The zero-order valence-corrected chi connectivity index (χ0v) is 6.29. The third-order valence-corrected chi connectivity index (χ3v) is 1.23. The first-order valence-electron chi connectivity index (χ1n) is 3.08. The van der Waals surface area contributed by atoms with Gasteiger partial charge in [-0.2, -0.15) is 0 Å². The molecular formula is C7H6N2O3. The molecule has 1 aromatic rings. The first-order valence-corrected chi connectivity index (χ1v) is 3.08. The Kier molecular flexibility index (Phi) is 2.01. The van der Waals surface area contributed by atoms with Crippen LogP contribution >= 0.6 is 0 Å². The highest BCUT2D eigenvalue weighted by Gasteiger charge is 2.12. The van der Waals surface area contributed by atoms with Crippen molar-refractivity contribution in [2.45, 2.75) is 6.92 Å². The normalized spacial score (nSPS) is 9.00. The molecule has 0 fully saturated rings. The van der Waals surface area contributed by atoms with Gasteiger partial charge in [-0.25, -0.2) is 4.79 Å². The van der Waals surface area contributed by atoms with Gasteiger partial charge in [-0.1, -0.05) is 5.16 Å². The van der Waals surface area contributed by atoms with E-state index < -0.39 is 6.09 Å². The average Bonchev–Trinajstić information content (AvgIpc) is 2.32. The van der Waals surface area contributed by atoms with E-state index in [9.17, 15) is 4.79 Å². The van der Waals surface area contributed by atoms with Gasteiger partial charge in [-0.05, 0) is 12.8 Å². The predicted octanol–water partition coefficient (Wildman–Crippen LogP) is 1.05. The van der Waals surface area contributed by atoms with E-state index in [-0.39, 0.29) is 11.4 Å². The number of amides is 1. The summed E-state index contributed by atoms with van der Waals surface area (Å²) < 4.78 is 4.63. The molecule has 0 atom stereocenters. The van der Waals surface area contributed by atoms with Gasteiger partial charge in [0.2, 0.25) is 5.76 Å². The van der Waals surface area contributed by atoms with Gasteiger partial charge in [0.25, 0.3) is 0 Å². The second kappa shape index (κ2) is 2.96. The number of carboxylic acid groups (broad SMARTS) is 1. The zero-order chi connectivity index (χ0) is 9.14. The van der Waals surface area contributed by atoms with E-state index in [1.165, 1.54) is 0 Å². The van der Waals surface area contributed by atoms with Gasteiger partial charge in [0.05, 0.1) is 0 Å². The molecule has 2 N–H and O–H groups in total. The van der Waals surface area contributed by atoms with Crippen LogP contribution in [0.3, 0.4) is 0 Å². The van der Waals surface area contributed by atoms with Crippen LogP contribution in [0.15, 0.2) is 4.52 Å². The van der Waals surface area contributed by atoms with E-state index in [0.717, 1.165) is 0 Å². The Bertz CT molecular complexity index is 348. The largest absolute Gasteiger partial charge is 0.465 e. The van der Waals surface area contributed by atoms with Crippen LogP contribution in [-0.2, 0) is 0 Å². The smallest absolute Gasteiger partial charge is 0.409 e. The number of aryl methyl sites for hydroxylation is 1. The van der Waals surface area contributed by atoms with Gasteiger partial charge < -0.3 is 9.63 Å². The molecule has 5 nitrogen and oxygen atoms in total. The summed E-state index contributed by atoms with van der Waals surface area (Å²) >= 11 is 0. The molecular weight excluding hydrogens is 160 g/mol. The van der Waals surface area contributed by atoms with Crippen molar-refractivity contribution in [1.82, 2.24) is 5.16 Å². The highest BCUT2D eigenvalue weighted by atomic mass is 16.5. The summed E-state index contributed by atoms with van der Waals surface area (Å²) in [5.74, 6) is 2.26. The SMILES string of the molecule is C#Cc1onc(C)c1NC(=O)O. The predicted molar refractivity (Wildman–Crippen MR) is 40.8 cm³/mol. The Balaban J connectivity index is 3.04. The minimum absolute atomic E-state index is 0.0925. The van der Waals surface area contributed by atoms with E-state index in [4.69, 9.17) is 11.5 Å². The van der Waals surface area contributed by atoms with Crippen molar-refractivity contribution in [1.29, 1.82) is 0 Å². The van der Waals surface area contributed by atoms with Crippen LogP contribution in [-0.4, -0.2) is 16.4 Å². The van der Waals surface area contributed by atoms with Crippen LogP contribution in [0, 0.1) is 19.3 Å². The van der Waals surface area contributed by atoms with Crippen LogP contribution < -0.4 is 5.32 Å². The molecule has 1 heterocycles. The maximum atomic E-state index is 10.2. The molecule has 0 spiro atoms. The van der Waals surface area contributed by atoms with Crippen molar-refractivity contribution in [2.24, 2.45) is 0 Å². The molecule has 0 aromatic carbocycles. The van der Waals surface area contributed by atoms with Crippen LogP contribution in [0.1, 0.15) is 11.5 Å². The van der Waals surface area contributed by atoms with Gasteiger partial charge in [0.1, 0.15) is 11.4 Å². The fraction of sp³-hybridized carbons (Fsp3) is 0.143. The fourth-order valence-corrected chi connectivity index (χ4v) is 0.722. The third-order valence-electron chi connectivity index (χ3n) is 1.23. The van der Waals surface area contributed by atoms with E-state index >= 15 is 0 Å². The van der Waals surface area contributed by atoms with E-state index in [0.29, 0.717) is 5.69 Å². The molecule has 1 amide bonds. The van der Waals surface area contributed by atoms with E-state index in [1.807, 2.05) is 0 Å². The summed E-state index contributed by atoms with van der Waals surface area (Å²) in [6.07, 6.45) is 3.83. The summed E-state index contributed by atoms with van der Waals surface area (Å²) in [5.41, 5.74) is 0.648. The van der Waals surface area contributed by atoms with Crippen molar-refractivity contribution in [3.05, 3.63) is 11.5 Å². The Morgan fingerprint density at radius 2 is 2.50 bits per heavy atom. The van der Waals surface area contributed by atoms with Crippen LogP contribution in [0.5, 0.6) is 0 Å². The fourth-order valence-electron chi connectivity index (χ4n) is 0.722. The highest BCUT2D eigenvalue weighted by Crippen LogP contribution is 2.18. The first-order chi connectivity index (χ1) is 5.65. The second-order valence-corrected chi connectivity index (χ2v) is 2.05. The maximum Gasteiger partial charge on any atom is 0.409 e. The first kappa shape index (κ1) is 8.14. The average molecular weight is 166 g/mol. The number of rotatable bonds is 1. The minimum Gasteiger partial charge on any atom is -0.465 e. The number of hydrogen-bond acceptors (Lipinski definition) is 3. The molecule has 1 aromatic heterocycles. The van der Waals surface area contributed by atoms with Crippen LogP contribution in [0.4, 0.5) is 10.5 Å². The monoisotopic (exact) mass is 166 g/mol. The molecule has 0 saturated heterocycles. The van der Waals surface area contributed by atoms with Crippen molar-refractivity contribution >= 4 is 11.8 Å². The Hall–Kier alpha value is -1.96. The molecule has 0 unspecified atom stereocenters. The molecule has 0 saturated carbocycles. The van der Waals surface area contributed by atoms with Crippen molar-refractivity contribution in [3.8, 4) is 12.3 Å². The standard InChI is InChI=1S/C7H6N2O3/c1-3-5-6(8-7(10)11)4(2)9-12-5/h1,8H,2H3,(H,10,11). The number of nitrogens with zero attached hydrogens (tertiary/aromatic N) is 1. The summed E-state index contributed by atoms with van der Waals surface area (Å²) in [4.78, 5) is 10.2. The van der Waals surface area contributed by atoms with Crippen LogP contribution in [0.2, 0.25) is 0 Å². The molecule has 62 valence electrons. The molecule has 0 bridgehead atoms. The second-order valence-electron chi connectivity index (χ2n) is 2.05. The number of anilines is 1. The van der Waals surface area contributed by atoms with Crippen LogP contribution in [0.25, 0.3) is 0 Å². The van der Waals surface area contributed by atoms with E-state index in [2.05, 4.69) is 20.9 Å². The molecule has 0 aliphatic heterocycles. The molecule has 0 aliphatic carbocycles. The third kappa shape index (κ3) is 1.37. The number of terminal acetylenes is 1. The number of hydrogen-bond donors (Lipinski definition) is 2. The summed E-state index contributed by atoms with van der Waals surface area (Å²) in [7, 11) is 0. The number of aromatic nitrogens is 1. The van der Waals surface area contributed by atoms with Gasteiger partial charge >= 0.3 is 6.09 Å². The zero-order valence-electron chi connectivity index (χ0n) is 6.29. The highest BCUT2D eigenvalue weighted by molar-refractivity contribution is 5.85. The summed E-state index contributed by atoms with van der Waals surface area (Å²) in [6.45, 7) is 1.59. The number of carbonyl (C=O) groups is 1. The lowest BCUT2D eigenvalue weighted by molar-refractivity contribution is 0.209. The molecule has 0 radical (unpaired) electrons. The van der Waals surface area contributed by atoms with E-state index in [1.54, 1.807) is 6.92 Å². The molecule has 5 heteroatoms. The van der Waals surface area contributed by atoms with Crippen molar-refractivity contribution in [3.63, 3.8) is 0 Å². The summed E-state index contributed by atoms with van der Waals surface area (Å²) in [6, 6.07) is 0. The molecule has 0 aliphatic rings. The lowest BCUT2D eigenvalue weighted by Crippen LogP contribution is -2.08. The molecule has 12 heavy (non-hydrogen) atoms. The van der Waals surface area contributed by atoms with Gasteiger partial charge in [-0.3, -0.25) is 5.32 Å². The van der Waals surface area contributed by atoms with Gasteiger partial charge in [0, 0.05) is 0 Å². The lowest BCUT2D eigenvalue weighted by Gasteiger charge is -1.95. The summed E-state index contributed by atoms with van der Waals surface area (Å²) in [5, 5.41) is 14.0. The van der Waals surface area contributed by atoms with Gasteiger partial charge in [-0.15, -0.1) is 6.42 Å². The Labute approximate surface area is 68.4 Å². The van der Waals surface area contributed by atoms with Crippen molar-refractivity contribution < 1.29 is 14.4 Å². The van der Waals surface area contributed by atoms with Gasteiger partial charge in [0.15, 0.2) is 0 Å². The topological polar surface area (TPSA) is 75.4 Å². The Morgan fingerprint density at radius 3 is 3.00 bits per heavy atom. The minimum atomic E-state index is -1.20. The Morgan fingerprint density at radius 1 is 1.83 bits per heavy atom. The molecule has 1 rings (SSSR count). The van der Waals surface area contributed by atoms with Crippen molar-refractivity contribution in [2.75, 3.05) is 5.32 Å². The number of nitrogens with one attached hydrogen (secondary N) is 1. The quantitative estimate of drug-likeness (QED) is 0.611. The maximum absolute atomic E-state index is 10.2.